The van der Waals surface area contributed by atoms with Gasteiger partial charge in [-0.25, -0.2) is 4.79 Å². The Kier molecular flexibility index (Phi) is 4.47. The SMILES string of the molecule is COC(=O)C(OC)C(=O)Nc1ccccc1. The molecule has 0 bridgehead atoms. The zero-order valence-electron chi connectivity index (χ0n) is 9.10. The van der Waals surface area contributed by atoms with Crippen LogP contribution in [0.15, 0.2) is 30.3 Å². The lowest BCUT2D eigenvalue weighted by Crippen LogP contribution is -2.37. The molecule has 1 atom stereocenters. The minimum absolute atomic E-state index is 0.555. The minimum Gasteiger partial charge on any atom is -0.467 e. The molecule has 0 saturated heterocycles. The second-order valence-electron chi connectivity index (χ2n) is 2.99. The average molecular weight is 223 g/mol. The number of nitrogens with one attached hydrogen (secondary N) is 1. The molecule has 0 aliphatic heterocycles. The molecule has 1 amide bonds. The Labute approximate surface area is 93.4 Å². The standard InChI is InChI=1S/C11H13NO4/c1-15-9(11(14)16-2)10(13)12-8-6-4-3-5-7-8/h3-7,9H,1-2H3,(H,12,13). The summed E-state index contributed by atoms with van der Waals surface area (Å²) in [6.07, 6.45) is -1.25. The Morgan fingerprint density at radius 1 is 1.19 bits per heavy atom. The number of amides is 1. The van der Waals surface area contributed by atoms with Crippen LogP contribution in [-0.2, 0) is 19.1 Å². The molecule has 0 radical (unpaired) electrons. The number of benzene rings is 1. The molecule has 1 N–H and O–H groups in total. The third kappa shape index (κ3) is 3.06. The summed E-state index contributed by atoms with van der Waals surface area (Å²) in [6.45, 7) is 0. The van der Waals surface area contributed by atoms with Crippen molar-refractivity contribution in [3.05, 3.63) is 30.3 Å². The molecule has 0 heterocycles. The Morgan fingerprint density at radius 3 is 2.31 bits per heavy atom. The quantitative estimate of drug-likeness (QED) is 0.606. The summed E-state index contributed by atoms with van der Waals surface area (Å²) in [4.78, 5) is 22.8. The van der Waals surface area contributed by atoms with E-state index in [0.29, 0.717) is 5.69 Å². The van der Waals surface area contributed by atoms with Crippen LogP contribution in [0.3, 0.4) is 0 Å². The van der Waals surface area contributed by atoms with Gasteiger partial charge in [0.05, 0.1) is 7.11 Å². The van der Waals surface area contributed by atoms with Crippen LogP contribution in [0, 0.1) is 0 Å². The summed E-state index contributed by atoms with van der Waals surface area (Å²) in [6, 6.07) is 8.79. The maximum absolute atomic E-state index is 11.6. The molecule has 86 valence electrons. The lowest BCUT2D eigenvalue weighted by molar-refractivity contribution is -0.156. The smallest absolute Gasteiger partial charge is 0.344 e. The predicted octanol–water partition coefficient (Wildman–Crippen LogP) is 0.813. The molecular formula is C11H13NO4. The Hall–Kier alpha value is -1.88. The Bertz CT molecular complexity index is 364. The molecule has 0 aliphatic carbocycles. The fourth-order valence-electron chi connectivity index (χ4n) is 1.15. The number of carbonyl (C=O) groups is 2. The average Bonchev–Trinajstić information content (AvgIpc) is 2.31. The lowest BCUT2D eigenvalue weighted by atomic mass is 10.3. The van der Waals surface area contributed by atoms with Gasteiger partial charge in [-0.15, -0.1) is 0 Å². The van der Waals surface area contributed by atoms with Gasteiger partial charge in [0, 0.05) is 12.8 Å². The van der Waals surface area contributed by atoms with Gasteiger partial charge in [0.1, 0.15) is 0 Å². The fourth-order valence-corrected chi connectivity index (χ4v) is 1.15. The highest BCUT2D eigenvalue weighted by molar-refractivity contribution is 6.07. The third-order valence-electron chi connectivity index (χ3n) is 1.93. The number of esters is 1. The largest absolute Gasteiger partial charge is 0.467 e. The van der Waals surface area contributed by atoms with E-state index in [1.165, 1.54) is 14.2 Å². The lowest BCUT2D eigenvalue weighted by Gasteiger charge is -2.12. The van der Waals surface area contributed by atoms with Crippen LogP contribution in [0.2, 0.25) is 0 Å². The molecule has 16 heavy (non-hydrogen) atoms. The highest BCUT2D eigenvalue weighted by Gasteiger charge is 2.27. The predicted molar refractivity (Wildman–Crippen MR) is 57.9 cm³/mol. The van der Waals surface area contributed by atoms with Crippen LogP contribution in [-0.4, -0.2) is 32.2 Å². The summed E-state index contributed by atoms with van der Waals surface area (Å²) >= 11 is 0. The van der Waals surface area contributed by atoms with Crippen LogP contribution in [0.25, 0.3) is 0 Å². The zero-order chi connectivity index (χ0) is 12.0. The van der Waals surface area contributed by atoms with Crippen molar-refractivity contribution < 1.29 is 19.1 Å². The molecule has 1 aromatic rings. The van der Waals surface area contributed by atoms with Crippen LogP contribution in [0.5, 0.6) is 0 Å². The molecule has 5 heteroatoms. The van der Waals surface area contributed by atoms with E-state index in [0.717, 1.165) is 0 Å². The number of ether oxygens (including phenoxy) is 2. The molecule has 1 unspecified atom stereocenters. The van der Waals surface area contributed by atoms with Crippen LogP contribution in [0.4, 0.5) is 5.69 Å². The van der Waals surface area contributed by atoms with Gasteiger partial charge >= 0.3 is 5.97 Å². The maximum atomic E-state index is 11.6. The summed E-state index contributed by atoms with van der Waals surface area (Å²) < 4.78 is 9.19. The van der Waals surface area contributed by atoms with E-state index in [9.17, 15) is 9.59 Å². The molecule has 0 aromatic heterocycles. The number of carbonyl (C=O) groups excluding carboxylic acids is 2. The van der Waals surface area contributed by atoms with E-state index in [4.69, 9.17) is 4.74 Å². The van der Waals surface area contributed by atoms with E-state index in [1.54, 1.807) is 24.3 Å². The zero-order valence-corrected chi connectivity index (χ0v) is 9.10. The van der Waals surface area contributed by atoms with Crippen molar-refractivity contribution in [3.63, 3.8) is 0 Å². The van der Waals surface area contributed by atoms with Crippen LogP contribution < -0.4 is 5.32 Å². The second-order valence-corrected chi connectivity index (χ2v) is 2.99. The summed E-state index contributed by atoms with van der Waals surface area (Å²) in [5.74, 6) is -1.28. The summed E-state index contributed by atoms with van der Waals surface area (Å²) in [5, 5.41) is 2.54. The molecule has 0 aliphatic rings. The van der Waals surface area contributed by atoms with Crippen molar-refractivity contribution in [2.75, 3.05) is 19.5 Å². The van der Waals surface area contributed by atoms with Crippen molar-refractivity contribution >= 4 is 17.6 Å². The first-order valence-electron chi connectivity index (χ1n) is 4.65. The maximum Gasteiger partial charge on any atom is 0.344 e. The molecular weight excluding hydrogens is 210 g/mol. The molecule has 0 spiro atoms. The number of rotatable bonds is 4. The highest BCUT2D eigenvalue weighted by Crippen LogP contribution is 2.06. The molecule has 5 nitrogen and oxygen atoms in total. The van der Waals surface area contributed by atoms with Crippen molar-refractivity contribution in [2.45, 2.75) is 6.10 Å². The van der Waals surface area contributed by atoms with Crippen molar-refractivity contribution in [1.29, 1.82) is 0 Å². The topological polar surface area (TPSA) is 64.6 Å². The third-order valence-corrected chi connectivity index (χ3v) is 1.93. The number of hydrogen-bond acceptors (Lipinski definition) is 4. The van der Waals surface area contributed by atoms with Crippen molar-refractivity contribution in [1.82, 2.24) is 0 Å². The van der Waals surface area contributed by atoms with E-state index in [2.05, 4.69) is 10.1 Å². The number of hydrogen-bond donors (Lipinski definition) is 1. The number of anilines is 1. The Balaban J connectivity index is 2.67. The monoisotopic (exact) mass is 223 g/mol. The van der Waals surface area contributed by atoms with Gasteiger partial charge in [-0.05, 0) is 12.1 Å². The van der Waals surface area contributed by atoms with Gasteiger partial charge in [0.2, 0.25) is 6.10 Å². The van der Waals surface area contributed by atoms with E-state index >= 15 is 0 Å². The molecule has 1 rings (SSSR count). The molecule has 0 fully saturated rings. The fraction of sp³-hybridized carbons (Fsp3) is 0.273. The van der Waals surface area contributed by atoms with Gasteiger partial charge in [-0.3, -0.25) is 4.79 Å². The first-order valence-corrected chi connectivity index (χ1v) is 4.65. The first-order chi connectivity index (χ1) is 7.69. The van der Waals surface area contributed by atoms with Crippen LogP contribution in [0.1, 0.15) is 0 Å². The minimum atomic E-state index is -1.25. The van der Waals surface area contributed by atoms with Gasteiger partial charge < -0.3 is 14.8 Å². The number of methoxy groups -OCH3 is 2. The highest BCUT2D eigenvalue weighted by atomic mass is 16.6. The van der Waals surface area contributed by atoms with Gasteiger partial charge in [0.25, 0.3) is 5.91 Å². The molecule has 1 aromatic carbocycles. The normalized spacial score (nSPS) is 11.6. The summed E-state index contributed by atoms with van der Waals surface area (Å²) in [5.41, 5.74) is 0.596. The summed E-state index contributed by atoms with van der Waals surface area (Å²) in [7, 11) is 2.47. The van der Waals surface area contributed by atoms with Crippen molar-refractivity contribution in [3.8, 4) is 0 Å². The van der Waals surface area contributed by atoms with Crippen molar-refractivity contribution in [2.24, 2.45) is 0 Å². The van der Waals surface area contributed by atoms with Crippen LogP contribution >= 0.6 is 0 Å². The second kappa shape index (κ2) is 5.87. The van der Waals surface area contributed by atoms with Gasteiger partial charge in [-0.2, -0.15) is 0 Å². The van der Waals surface area contributed by atoms with E-state index in [1.807, 2.05) is 6.07 Å². The van der Waals surface area contributed by atoms with E-state index < -0.39 is 18.0 Å². The Morgan fingerprint density at radius 2 is 1.81 bits per heavy atom. The van der Waals surface area contributed by atoms with Gasteiger partial charge in [-0.1, -0.05) is 18.2 Å². The van der Waals surface area contributed by atoms with E-state index in [-0.39, 0.29) is 0 Å². The first kappa shape index (κ1) is 12.2. The number of para-hydroxylation sites is 1. The molecule has 0 saturated carbocycles. The van der Waals surface area contributed by atoms with Gasteiger partial charge in [0.15, 0.2) is 0 Å².